The maximum atomic E-state index is 9.38. The van der Waals surface area contributed by atoms with E-state index in [0.29, 0.717) is 11.8 Å². The third kappa shape index (κ3) is 3.15. The Morgan fingerprint density at radius 1 is 1.24 bits per heavy atom. The quantitative estimate of drug-likeness (QED) is 0.771. The molecule has 0 bridgehead atoms. The Bertz CT molecular complexity index is 367. The highest BCUT2D eigenvalue weighted by Gasteiger charge is 2.19. The van der Waals surface area contributed by atoms with Crippen LogP contribution in [0.25, 0.3) is 0 Å². The first-order chi connectivity index (χ1) is 8.19. The number of rotatable bonds is 3. The topological polar surface area (TPSA) is 32.3 Å². The van der Waals surface area contributed by atoms with Crippen LogP contribution in [0.3, 0.4) is 0 Å². The molecule has 1 aromatic rings. The summed E-state index contributed by atoms with van der Waals surface area (Å²) in [7, 11) is 0. The van der Waals surface area contributed by atoms with Crippen LogP contribution in [0, 0.1) is 12.8 Å². The molecular formula is C15H23NO. The number of benzene rings is 1. The molecule has 1 fully saturated rings. The fraction of sp³-hybridized carbons (Fsp3) is 0.600. The second kappa shape index (κ2) is 5.44. The second-order valence-electron chi connectivity index (χ2n) is 5.27. The molecule has 17 heavy (non-hydrogen) atoms. The highest BCUT2D eigenvalue weighted by atomic mass is 16.3. The van der Waals surface area contributed by atoms with Crippen molar-refractivity contribution in [3.05, 3.63) is 23.8 Å². The third-order valence-electron chi connectivity index (χ3n) is 3.99. The van der Waals surface area contributed by atoms with Crippen molar-refractivity contribution in [2.75, 3.05) is 5.32 Å². The van der Waals surface area contributed by atoms with Crippen LogP contribution in [0.1, 0.15) is 44.6 Å². The van der Waals surface area contributed by atoms with Gasteiger partial charge in [0.2, 0.25) is 0 Å². The van der Waals surface area contributed by atoms with E-state index in [2.05, 4.69) is 12.2 Å². The molecule has 0 atom stereocenters. The van der Waals surface area contributed by atoms with Gasteiger partial charge >= 0.3 is 0 Å². The maximum absolute atomic E-state index is 9.38. The van der Waals surface area contributed by atoms with E-state index in [1.165, 1.54) is 37.8 Å². The van der Waals surface area contributed by atoms with Gasteiger partial charge in [-0.25, -0.2) is 0 Å². The van der Waals surface area contributed by atoms with Gasteiger partial charge in [0.15, 0.2) is 0 Å². The number of hydrogen-bond donors (Lipinski definition) is 2. The Hall–Kier alpha value is -1.18. The Labute approximate surface area is 104 Å². The minimum absolute atomic E-state index is 0.350. The van der Waals surface area contributed by atoms with Crippen molar-refractivity contribution in [3.8, 4) is 5.75 Å². The summed E-state index contributed by atoms with van der Waals surface area (Å²) in [5.41, 5.74) is 2.30. The molecule has 0 radical (unpaired) electrons. The van der Waals surface area contributed by atoms with Crippen LogP contribution in [0.5, 0.6) is 5.75 Å². The predicted molar refractivity (Wildman–Crippen MR) is 72.5 cm³/mol. The lowest BCUT2D eigenvalue weighted by molar-refractivity contribution is 0.330. The molecule has 0 amide bonds. The Morgan fingerprint density at radius 3 is 2.53 bits per heavy atom. The van der Waals surface area contributed by atoms with Gasteiger partial charge in [0.25, 0.3) is 0 Å². The van der Waals surface area contributed by atoms with Gasteiger partial charge in [0.1, 0.15) is 5.75 Å². The van der Waals surface area contributed by atoms with E-state index in [1.807, 2.05) is 19.1 Å². The van der Waals surface area contributed by atoms with E-state index in [0.717, 1.165) is 11.5 Å². The number of hydrogen-bond acceptors (Lipinski definition) is 2. The number of nitrogens with one attached hydrogen (secondary N) is 1. The van der Waals surface area contributed by atoms with Crippen LogP contribution in [0.4, 0.5) is 5.69 Å². The Morgan fingerprint density at radius 2 is 1.94 bits per heavy atom. The molecule has 94 valence electrons. The third-order valence-corrected chi connectivity index (χ3v) is 3.99. The van der Waals surface area contributed by atoms with Crippen molar-refractivity contribution >= 4 is 5.69 Å². The monoisotopic (exact) mass is 233 g/mol. The van der Waals surface area contributed by atoms with Crippen molar-refractivity contribution in [1.29, 1.82) is 0 Å². The van der Waals surface area contributed by atoms with Crippen LogP contribution < -0.4 is 5.32 Å². The fourth-order valence-electron chi connectivity index (χ4n) is 2.74. The molecule has 0 spiro atoms. The van der Waals surface area contributed by atoms with Gasteiger partial charge in [-0.05, 0) is 62.3 Å². The molecule has 1 aliphatic carbocycles. The number of anilines is 1. The van der Waals surface area contributed by atoms with Crippen LogP contribution in [-0.2, 0) is 0 Å². The van der Waals surface area contributed by atoms with Crippen molar-refractivity contribution in [2.24, 2.45) is 5.92 Å². The van der Waals surface area contributed by atoms with Gasteiger partial charge < -0.3 is 10.4 Å². The van der Waals surface area contributed by atoms with E-state index in [4.69, 9.17) is 0 Å². The standard InChI is InChI=1S/C15H23NO/c1-3-12-4-6-13(7-5-12)16-15-9-8-14(17)10-11(15)2/h8-10,12-13,16-17H,3-7H2,1-2H3. The Kier molecular flexibility index (Phi) is 3.93. The molecule has 2 N–H and O–H groups in total. The summed E-state index contributed by atoms with van der Waals surface area (Å²) in [5, 5.41) is 13.0. The van der Waals surface area contributed by atoms with E-state index in [9.17, 15) is 5.11 Å². The first-order valence-corrected chi connectivity index (χ1v) is 6.75. The molecule has 0 saturated heterocycles. The van der Waals surface area contributed by atoms with Crippen LogP contribution in [0.2, 0.25) is 0 Å². The lowest BCUT2D eigenvalue weighted by Gasteiger charge is -2.29. The number of aromatic hydroxyl groups is 1. The van der Waals surface area contributed by atoms with Crippen LogP contribution in [0.15, 0.2) is 18.2 Å². The van der Waals surface area contributed by atoms with Crippen LogP contribution in [-0.4, -0.2) is 11.1 Å². The van der Waals surface area contributed by atoms with Gasteiger partial charge in [-0.3, -0.25) is 0 Å². The largest absolute Gasteiger partial charge is 0.508 e. The number of phenols is 1. The molecule has 2 rings (SSSR count). The van der Waals surface area contributed by atoms with Gasteiger partial charge in [0.05, 0.1) is 0 Å². The second-order valence-corrected chi connectivity index (χ2v) is 5.27. The molecular weight excluding hydrogens is 210 g/mol. The summed E-state index contributed by atoms with van der Waals surface area (Å²) in [5.74, 6) is 1.29. The van der Waals surface area contributed by atoms with Crippen molar-refractivity contribution in [1.82, 2.24) is 0 Å². The highest BCUT2D eigenvalue weighted by Crippen LogP contribution is 2.29. The van der Waals surface area contributed by atoms with E-state index >= 15 is 0 Å². The summed E-state index contributed by atoms with van der Waals surface area (Å²) < 4.78 is 0. The molecule has 1 saturated carbocycles. The zero-order valence-electron chi connectivity index (χ0n) is 10.9. The average Bonchev–Trinajstić information content (AvgIpc) is 2.34. The zero-order chi connectivity index (χ0) is 12.3. The molecule has 0 aromatic heterocycles. The van der Waals surface area contributed by atoms with Crippen LogP contribution >= 0.6 is 0 Å². The van der Waals surface area contributed by atoms with E-state index < -0.39 is 0 Å². The van der Waals surface area contributed by atoms with E-state index in [1.54, 1.807) is 6.07 Å². The average molecular weight is 233 g/mol. The van der Waals surface area contributed by atoms with Crippen molar-refractivity contribution in [3.63, 3.8) is 0 Å². The molecule has 0 unspecified atom stereocenters. The number of phenolic OH excluding ortho intramolecular Hbond substituents is 1. The first kappa shape index (κ1) is 12.3. The summed E-state index contributed by atoms with van der Waals surface area (Å²) in [6.07, 6.45) is 6.58. The molecule has 2 nitrogen and oxygen atoms in total. The maximum Gasteiger partial charge on any atom is 0.115 e. The molecule has 0 aliphatic heterocycles. The normalized spacial score (nSPS) is 24.6. The minimum Gasteiger partial charge on any atom is -0.508 e. The van der Waals surface area contributed by atoms with Gasteiger partial charge in [-0.2, -0.15) is 0 Å². The predicted octanol–water partition coefficient (Wildman–Crippen LogP) is 4.08. The summed E-state index contributed by atoms with van der Waals surface area (Å²) in [6.45, 7) is 4.34. The van der Waals surface area contributed by atoms with Gasteiger partial charge in [-0.15, -0.1) is 0 Å². The van der Waals surface area contributed by atoms with Crippen molar-refractivity contribution < 1.29 is 5.11 Å². The number of aryl methyl sites for hydroxylation is 1. The van der Waals surface area contributed by atoms with Gasteiger partial charge in [0, 0.05) is 11.7 Å². The van der Waals surface area contributed by atoms with Crippen molar-refractivity contribution in [2.45, 2.75) is 52.0 Å². The SMILES string of the molecule is CCC1CCC(Nc2ccc(O)cc2C)CC1. The minimum atomic E-state index is 0.350. The molecule has 0 heterocycles. The summed E-state index contributed by atoms with van der Waals surface area (Å²) >= 11 is 0. The molecule has 2 heteroatoms. The lowest BCUT2D eigenvalue weighted by atomic mass is 9.84. The lowest BCUT2D eigenvalue weighted by Crippen LogP contribution is -2.26. The highest BCUT2D eigenvalue weighted by molar-refractivity contribution is 5.53. The zero-order valence-corrected chi connectivity index (χ0v) is 10.9. The smallest absolute Gasteiger partial charge is 0.115 e. The molecule has 1 aromatic carbocycles. The fourth-order valence-corrected chi connectivity index (χ4v) is 2.74. The Balaban J connectivity index is 1.93. The summed E-state index contributed by atoms with van der Waals surface area (Å²) in [4.78, 5) is 0. The summed E-state index contributed by atoms with van der Waals surface area (Å²) in [6, 6.07) is 6.17. The first-order valence-electron chi connectivity index (χ1n) is 6.75. The van der Waals surface area contributed by atoms with E-state index in [-0.39, 0.29) is 0 Å². The van der Waals surface area contributed by atoms with Gasteiger partial charge in [-0.1, -0.05) is 13.3 Å². The molecule has 1 aliphatic rings.